The van der Waals surface area contributed by atoms with Crippen molar-refractivity contribution in [3.8, 4) is 0 Å². The van der Waals surface area contributed by atoms with Crippen molar-refractivity contribution in [3.63, 3.8) is 0 Å². The number of carbonyl (C=O) groups excluding carboxylic acids is 1. The first-order valence-corrected chi connectivity index (χ1v) is 15.5. The fourth-order valence-corrected chi connectivity index (χ4v) is 4.10. The Bertz CT molecular complexity index is 1010. The van der Waals surface area contributed by atoms with E-state index in [0.717, 1.165) is 73.1 Å². The monoisotopic (exact) mass is 566 g/mol. The van der Waals surface area contributed by atoms with Gasteiger partial charge in [-0.25, -0.2) is 0 Å². The SMILES string of the molecule is C=C(N=C/C(C=O)=C(\C(C)CC)N(C)CCN(C)c1cccc(N/C=C(\N)CNCC2CC2)c1)C(C)CC.CCC. The molecule has 0 spiro atoms. The molecule has 1 aromatic rings. The van der Waals surface area contributed by atoms with Crippen LogP contribution in [0.15, 0.2) is 64.7 Å². The van der Waals surface area contributed by atoms with Crippen LogP contribution in [0.1, 0.15) is 73.6 Å². The minimum atomic E-state index is 0.234. The van der Waals surface area contributed by atoms with Gasteiger partial charge in [-0.05, 0) is 68.2 Å². The van der Waals surface area contributed by atoms with Crippen molar-refractivity contribution in [1.29, 1.82) is 0 Å². The average Bonchev–Trinajstić information content (AvgIpc) is 3.80. The molecule has 7 heteroatoms. The van der Waals surface area contributed by atoms with Gasteiger partial charge < -0.3 is 26.2 Å². The van der Waals surface area contributed by atoms with Gasteiger partial charge >= 0.3 is 0 Å². The van der Waals surface area contributed by atoms with Crippen LogP contribution in [-0.4, -0.2) is 57.7 Å². The Hall–Kier alpha value is -3.06. The molecule has 230 valence electrons. The van der Waals surface area contributed by atoms with Gasteiger partial charge in [0, 0.05) is 74.6 Å². The van der Waals surface area contributed by atoms with Crippen LogP contribution in [0.3, 0.4) is 0 Å². The van der Waals surface area contributed by atoms with Gasteiger partial charge in [-0.2, -0.15) is 0 Å². The van der Waals surface area contributed by atoms with Crippen molar-refractivity contribution >= 4 is 23.9 Å². The summed E-state index contributed by atoms with van der Waals surface area (Å²) in [5, 5.41) is 6.73. The van der Waals surface area contributed by atoms with Crippen molar-refractivity contribution in [2.45, 2.75) is 73.6 Å². The van der Waals surface area contributed by atoms with Crippen LogP contribution in [0.2, 0.25) is 0 Å². The number of carbonyl (C=O) groups is 1. The lowest BCUT2D eigenvalue weighted by atomic mass is 9.99. The number of nitrogens with zero attached hydrogens (tertiary/aromatic N) is 3. The highest BCUT2D eigenvalue weighted by atomic mass is 16.1. The Morgan fingerprint density at radius 2 is 1.78 bits per heavy atom. The normalized spacial score (nSPS) is 15.4. The van der Waals surface area contributed by atoms with E-state index < -0.39 is 0 Å². The fraction of sp³-hybridized carbons (Fsp3) is 0.588. The summed E-state index contributed by atoms with van der Waals surface area (Å²) in [6.45, 7) is 20.1. The number of nitrogens with one attached hydrogen (secondary N) is 2. The Labute approximate surface area is 251 Å². The molecule has 1 saturated carbocycles. The van der Waals surface area contributed by atoms with E-state index in [2.05, 4.69) is 99.8 Å². The lowest BCUT2D eigenvalue weighted by Crippen LogP contribution is -2.33. The highest BCUT2D eigenvalue weighted by Crippen LogP contribution is 2.27. The third-order valence-electron chi connectivity index (χ3n) is 7.40. The molecule has 1 aliphatic carbocycles. The average molecular weight is 567 g/mol. The van der Waals surface area contributed by atoms with E-state index in [1.807, 2.05) is 18.3 Å². The van der Waals surface area contributed by atoms with E-state index in [1.54, 1.807) is 6.21 Å². The van der Waals surface area contributed by atoms with E-state index >= 15 is 0 Å². The second kappa shape index (κ2) is 19.9. The molecule has 1 fully saturated rings. The molecule has 0 bridgehead atoms. The molecule has 0 saturated heterocycles. The molecule has 1 aliphatic rings. The van der Waals surface area contributed by atoms with Crippen molar-refractivity contribution in [3.05, 3.63) is 59.7 Å². The van der Waals surface area contributed by atoms with Crippen molar-refractivity contribution < 1.29 is 4.79 Å². The van der Waals surface area contributed by atoms with Crippen LogP contribution < -0.4 is 21.3 Å². The summed E-state index contributed by atoms with van der Waals surface area (Å²) >= 11 is 0. The molecule has 0 aliphatic heterocycles. The molecule has 4 N–H and O–H groups in total. The van der Waals surface area contributed by atoms with E-state index in [-0.39, 0.29) is 5.92 Å². The minimum absolute atomic E-state index is 0.234. The number of allylic oxidation sites excluding steroid dienone is 3. The number of aliphatic imine (C=N–C) groups is 1. The smallest absolute Gasteiger partial charge is 0.153 e. The van der Waals surface area contributed by atoms with E-state index in [0.29, 0.717) is 18.0 Å². The number of anilines is 2. The van der Waals surface area contributed by atoms with Gasteiger partial charge in [0.2, 0.25) is 0 Å². The third kappa shape index (κ3) is 13.9. The van der Waals surface area contributed by atoms with Crippen molar-refractivity contribution in [2.75, 3.05) is 50.5 Å². The van der Waals surface area contributed by atoms with E-state index in [4.69, 9.17) is 5.73 Å². The largest absolute Gasteiger partial charge is 0.400 e. The maximum absolute atomic E-state index is 12.1. The van der Waals surface area contributed by atoms with Crippen molar-refractivity contribution in [1.82, 2.24) is 10.2 Å². The van der Waals surface area contributed by atoms with Gasteiger partial charge in [0.05, 0.1) is 5.57 Å². The zero-order valence-corrected chi connectivity index (χ0v) is 27.2. The predicted octanol–water partition coefficient (Wildman–Crippen LogP) is 6.81. The Morgan fingerprint density at radius 1 is 1.12 bits per heavy atom. The minimum Gasteiger partial charge on any atom is -0.400 e. The maximum atomic E-state index is 12.1. The lowest BCUT2D eigenvalue weighted by molar-refractivity contribution is -0.104. The first kappa shape index (κ1) is 36.0. The van der Waals surface area contributed by atoms with Crippen LogP contribution >= 0.6 is 0 Å². The van der Waals surface area contributed by atoms with Crippen molar-refractivity contribution in [2.24, 2.45) is 28.5 Å². The van der Waals surface area contributed by atoms with Crippen LogP contribution in [0, 0.1) is 17.8 Å². The topological polar surface area (TPSA) is 86.0 Å². The van der Waals surface area contributed by atoms with Gasteiger partial charge in [0.1, 0.15) is 0 Å². The van der Waals surface area contributed by atoms with E-state index in [1.165, 1.54) is 19.3 Å². The number of rotatable bonds is 18. The summed E-state index contributed by atoms with van der Waals surface area (Å²) in [5.74, 6) is 1.36. The highest BCUT2D eigenvalue weighted by molar-refractivity contribution is 6.03. The number of benzene rings is 1. The summed E-state index contributed by atoms with van der Waals surface area (Å²) in [4.78, 5) is 21.0. The molecule has 2 rings (SSSR count). The van der Waals surface area contributed by atoms with Crippen LogP contribution in [0.25, 0.3) is 0 Å². The second-order valence-corrected chi connectivity index (χ2v) is 11.4. The highest BCUT2D eigenvalue weighted by Gasteiger charge is 2.20. The van der Waals surface area contributed by atoms with Gasteiger partial charge in [-0.1, -0.05) is 60.6 Å². The number of nitrogens with two attached hydrogens (primary N) is 1. The molecule has 0 amide bonds. The summed E-state index contributed by atoms with van der Waals surface area (Å²) in [6, 6.07) is 8.31. The first-order chi connectivity index (χ1) is 19.6. The number of aldehydes is 1. The lowest BCUT2D eigenvalue weighted by Gasteiger charge is -2.30. The summed E-state index contributed by atoms with van der Waals surface area (Å²) in [5.41, 5.74) is 11.5. The molecule has 0 radical (unpaired) electrons. The van der Waals surface area contributed by atoms with Gasteiger partial charge in [-0.15, -0.1) is 0 Å². The van der Waals surface area contributed by atoms with Gasteiger partial charge in [0.15, 0.2) is 6.29 Å². The Morgan fingerprint density at radius 3 is 2.37 bits per heavy atom. The molecule has 7 nitrogen and oxygen atoms in total. The zero-order valence-electron chi connectivity index (χ0n) is 27.2. The fourth-order valence-electron chi connectivity index (χ4n) is 4.10. The molecular formula is C34H58N6O. The summed E-state index contributed by atoms with van der Waals surface area (Å²) in [6.07, 6.45) is 10.3. The Balaban J connectivity index is 0.00000268. The van der Waals surface area contributed by atoms with E-state index in [9.17, 15) is 4.79 Å². The maximum Gasteiger partial charge on any atom is 0.153 e. The van der Waals surface area contributed by atoms with Crippen LogP contribution in [0.5, 0.6) is 0 Å². The molecule has 1 aromatic carbocycles. The molecule has 2 unspecified atom stereocenters. The summed E-state index contributed by atoms with van der Waals surface area (Å²) in [7, 11) is 4.14. The summed E-state index contributed by atoms with van der Waals surface area (Å²) < 4.78 is 0. The van der Waals surface area contributed by atoms with Gasteiger partial charge in [0.25, 0.3) is 0 Å². The molecular weight excluding hydrogens is 508 g/mol. The van der Waals surface area contributed by atoms with Gasteiger partial charge in [-0.3, -0.25) is 9.79 Å². The molecule has 41 heavy (non-hydrogen) atoms. The second-order valence-electron chi connectivity index (χ2n) is 11.4. The van der Waals surface area contributed by atoms with Crippen LogP contribution in [0.4, 0.5) is 11.4 Å². The quantitative estimate of drug-likeness (QED) is 0.103. The standard InChI is InChI=1S/C31H50N6O.C3H8/c1-8-23(3)25(5)34-19-27(22-38)31(24(4)9-2)37(7)16-15-36(6)30-12-10-11-29(17-30)35-21-28(32)20-33-18-26-13-14-26;1-3-2/h10-12,17,19,21-24,26,33,35H,5,8-9,13-16,18,20,32H2,1-4,6-7H3;3H2,1-2H3/b28-21-,31-27-,34-19?;. The molecule has 2 atom stereocenters. The number of likely N-dealkylation sites (N-methyl/N-ethyl adjacent to an activating group) is 2. The third-order valence-corrected chi connectivity index (χ3v) is 7.40. The predicted molar refractivity (Wildman–Crippen MR) is 179 cm³/mol. The Kier molecular flexibility index (Phi) is 17.5. The molecule has 0 heterocycles. The number of hydrogen-bond acceptors (Lipinski definition) is 7. The number of hydrogen-bond donors (Lipinski definition) is 3. The van der Waals surface area contributed by atoms with Crippen LogP contribution in [-0.2, 0) is 4.79 Å². The first-order valence-electron chi connectivity index (χ1n) is 15.5. The zero-order chi connectivity index (χ0) is 30.8. The molecule has 0 aromatic heterocycles.